The Morgan fingerprint density at radius 2 is 2.20 bits per heavy atom. The lowest BCUT2D eigenvalue weighted by molar-refractivity contribution is 0.0973. The molecule has 0 bridgehead atoms. The van der Waals surface area contributed by atoms with Gasteiger partial charge < -0.3 is 0 Å². The number of hydrogen-bond donors (Lipinski definition) is 0. The van der Waals surface area contributed by atoms with Crippen molar-refractivity contribution in [3.8, 4) is 0 Å². The molecular formula is C12H18N2O. The predicted octanol–water partition coefficient (Wildman–Crippen LogP) is 2.79. The zero-order chi connectivity index (χ0) is 11.3. The summed E-state index contributed by atoms with van der Waals surface area (Å²) in [4.78, 5) is 19.8. The molecule has 3 heteroatoms. The fourth-order valence-corrected chi connectivity index (χ4v) is 1.41. The number of rotatable bonds is 5. The Kier molecular flexibility index (Phi) is 4.40. The maximum absolute atomic E-state index is 11.7. The van der Waals surface area contributed by atoms with Crippen LogP contribution in [-0.4, -0.2) is 15.8 Å². The van der Waals surface area contributed by atoms with Crippen LogP contribution in [-0.2, 0) is 0 Å². The molecule has 0 unspecified atom stereocenters. The van der Waals surface area contributed by atoms with E-state index < -0.39 is 0 Å². The zero-order valence-electron chi connectivity index (χ0n) is 9.66. The maximum atomic E-state index is 11.7. The SMILES string of the molecule is Cc1nccc(C(=O)CCCC(C)C)n1. The largest absolute Gasteiger partial charge is 0.292 e. The summed E-state index contributed by atoms with van der Waals surface area (Å²) in [5.41, 5.74) is 0.547. The van der Waals surface area contributed by atoms with Crippen LogP contribution in [0.3, 0.4) is 0 Å². The molecule has 0 saturated heterocycles. The highest BCUT2D eigenvalue weighted by Crippen LogP contribution is 2.09. The molecule has 3 nitrogen and oxygen atoms in total. The molecule has 0 spiro atoms. The van der Waals surface area contributed by atoms with E-state index in [1.165, 1.54) is 0 Å². The van der Waals surface area contributed by atoms with E-state index in [4.69, 9.17) is 0 Å². The summed E-state index contributed by atoms with van der Waals surface area (Å²) in [6.07, 6.45) is 4.27. The summed E-state index contributed by atoms with van der Waals surface area (Å²) in [6, 6.07) is 1.69. The molecule has 0 radical (unpaired) electrons. The maximum Gasteiger partial charge on any atom is 0.181 e. The Labute approximate surface area is 91.0 Å². The predicted molar refractivity (Wildman–Crippen MR) is 59.8 cm³/mol. The van der Waals surface area contributed by atoms with Crippen molar-refractivity contribution in [2.24, 2.45) is 5.92 Å². The van der Waals surface area contributed by atoms with Crippen molar-refractivity contribution in [3.05, 3.63) is 23.8 Å². The number of ketones is 1. The van der Waals surface area contributed by atoms with Crippen LogP contribution >= 0.6 is 0 Å². The van der Waals surface area contributed by atoms with Gasteiger partial charge >= 0.3 is 0 Å². The van der Waals surface area contributed by atoms with Gasteiger partial charge in [0, 0.05) is 12.6 Å². The minimum Gasteiger partial charge on any atom is -0.292 e. The molecule has 0 saturated carbocycles. The van der Waals surface area contributed by atoms with Crippen molar-refractivity contribution in [2.45, 2.75) is 40.0 Å². The average Bonchev–Trinajstić information content (AvgIpc) is 2.17. The van der Waals surface area contributed by atoms with Crippen LogP contribution in [0.15, 0.2) is 12.3 Å². The highest BCUT2D eigenvalue weighted by atomic mass is 16.1. The van der Waals surface area contributed by atoms with Crippen molar-refractivity contribution in [1.82, 2.24) is 9.97 Å². The first kappa shape index (κ1) is 11.8. The van der Waals surface area contributed by atoms with Crippen LogP contribution in [0.25, 0.3) is 0 Å². The molecule has 0 atom stereocenters. The van der Waals surface area contributed by atoms with Gasteiger partial charge in [-0.15, -0.1) is 0 Å². The highest BCUT2D eigenvalue weighted by molar-refractivity contribution is 5.94. The van der Waals surface area contributed by atoms with Gasteiger partial charge in [0.15, 0.2) is 5.78 Å². The van der Waals surface area contributed by atoms with Crippen molar-refractivity contribution in [1.29, 1.82) is 0 Å². The van der Waals surface area contributed by atoms with Crippen molar-refractivity contribution < 1.29 is 4.79 Å². The van der Waals surface area contributed by atoms with Gasteiger partial charge in [-0.25, -0.2) is 9.97 Å². The van der Waals surface area contributed by atoms with E-state index in [1.807, 2.05) is 0 Å². The molecular weight excluding hydrogens is 188 g/mol. The third kappa shape index (κ3) is 4.19. The number of hydrogen-bond acceptors (Lipinski definition) is 3. The van der Waals surface area contributed by atoms with Crippen LogP contribution in [0.2, 0.25) is 0 Å². The number of Topliss-reactive ketones (excluding diaryl/α,β-unsaturated/α-hetero) is 1. The second-order valence-corrected chi connectivity index (χ2v) is 4.20. The Morgan fingerprint density at radius 3 is 2.80 bits per heavy atom. The second-order valence-electron chi connectivity index (χ2n) is 4.20. The average molecular weight is 206 g/mol. The normalized spacial score (nSPS) is 10.7. The first-order chi connectivity index (χ1) is 7.09. The lowest BCUT2D eigenvalue weighted by atomic mass is 10.0. The third-order valence-electron chi connectivity index (χ3n) is 2.25. The van der Waals surface area contributed by atoms with Gasteiger partial charge in [0.25, 0.3) is 0 Å². The van der Waals surface area contributed by atoms with E-state index in [-0.39, 0.29) is 5.78 Å². The first-order valence-electron chi connectivity index (χ1n) is 5.42. The molecule has 1 aromatic heterocycles. The van der Waals surface area contributed by atoms with Crippen LogP contribution < -0.4 is 0 Å². The van der Waals surface area contributed by atoms with Crippen LogP contribution in [0.5, 0.6) is 0 Å². The van der Waals surface area contributed by atoms with E-state index in [9.17, 15) is 4.79 Å². The van der Waals surface area contributed by atoms with E-state index in [0.29, 0.717) is 23.9 Å². The summed E-state index contributed by atoms with van der Waals surface area (Å²) >= 11 is 0. The standard InChI is InChI=1S/C12H18N2O/c1-9(2)5-4-6-12(15)11-7-8-13-10(3)14-11/h7-9H,4-6H2,1-3H3. The number of nitrogens with zero attached hydrogens (tertiary/aromatic N) is 2. The molecule has 82 valence electrons. The van der Waals surface area contributed by atoms with Gasteiger partial charge in [0.2, 0.25) is 0 Å². The lowest BCUT2D eigenvalue weighted by Gasteiger charge is -2.03. The molecule has 0 aromatic carbocycles. The molecule has 0 amide bonds. The summed E-state index contributed by atoms with van der Waals surface area (Å²) in [6.45, 7) is 6.13. The minimum absolute atomic E-state index is 0.126. The number of aryl methyl sites for hydroxylation is 1. The Balaban J connectivity index is 2.47. The van der Waals surface area contributed by atoms with Crippen LogP contribution in [0.1, 0.15) is 49.4 Å². The van der Waals surface area contributed by atoms with Gasteiger partial charge in [0.05, 0.1) is 0 Å². The number of carbonyl (C=O) groups is 1. The molecule has 1 heterocycles. The quantitative estimate of drug-likeness (QED) is 0.696. The van der Waals surface area contributed by atoms with E-state index >= 15 is 0 Å². The van der Waals surface area contributed by atoms with Gasteiger partial charge in [-0.3, -0.25) is 4.79 Å². The van der Waals surface area contributed by atoms with E-state index in [1.54, 1.807) is 19.2 Å². The van der Waals surface area contributed by atoms with Crippen LogP contribution in [0.4, 0.5) is 0 Å². The summed E-state index contributed by atoms with van der Waals surface area (Å²) in [5, 5.41) is 0. The topological polar surface area (TPSA) is 42.9 Å². The molecule has 0 N–H and O–H groups in total. The molecule has 0 fully saturated rings. The molecule has 1 aromatic rings. The van der Waals surface area contributed by atoms with Gasteiger partial charge in [-0.05, 0) is 25.3 Å². The van der Waals surface area contributed by atoms with Crippen molar-refractivity contribution >= 4 is 5.78 Å². The van der Waals surface area contributed by atoms with Gasteiger partial charge in [-0.1, -0.05) is 20.3 Å². The fourth-order valence-electron chi connectivity index (χ4n) is 1.41. The smallest absolute Gasteiger partial charge is 0.181 e. The van der Waals surface area contributed by atoms with Crippen LogP contribution in [0, 0.1) is 12.8 Å². The van der Waals surface area contributed by atoms with Gasteiger partial charge in [-0.2, -0.15) is 0 Å². The minimum atomic E-state index is 0.126. The Morgan fingerprint density at radius 1 is 1.47 bits per heavy atom. The Bertz CT molecular complexity index is 334. The monoisotopic (exact) mass is 206 g/mol. The molecule has 0 aliphatic heterocycles. The summed E-state index contributed by atoms with van der Waals surface area (Å²) in [7, 11) is 0. The van der Waals surface area contributed by atoms with Crippen molar-refractivity contribution in [2.75, 3.05) is 0 Å². The molecule has 1 rings (SSSR count). The second kappa shape index (κ2) is 5.59. The van der Waals surface area contributed by atoms with Gasteiger partial charge in [0.1, 0.15) is 11.5 Å². The summed E-state index contributed by atoms with van der Waals surface area (Å²) < 4.78 is 0. The molecule has 0 aliphatic carbocycles. The summed E-state index contributed by atoms with van der Waals surface area (Å²) in [5.74, 6) is 1.44. The highest BCUT2D eigenvalue weighted by Gasteiger charge is 2.07. The lowest BCUT2D eigenvalue weighted by Crippen LogP contribution is -2.04. The third-order valence-corrected chi connectivity index (χ3v) is 2.25. The fraction of sp³-hybridized carbons (Fsp3) is 0.583. The van der Waals surface area contributed by atoms with E-state index in [2.05, 4.69) is 23.8 Å². The number of carbonyl (C=O) groups excluding carboxylic acids is 1. The first-order valence-corrected chi connectivity index (χ1v) is 5.42. The molecule has 15 heavy (non-hydrogen) atoms. The Hall–Kier alpha value is -1.25. The van der Waals surface area contributed by atoms with Crippen molar-refractivity contribution in [3.63, 3.8) is 0 Å². The number of aromatic nitrogens is 2. The molecule has 0 aliphatic rings. The zero-order valence-corrected chi connectivity index (χ0v) is 9.66. The van der Waals surface area contributed by atoms with E-state index in [0.717, 1.165) is 12.8 Å².